The van der Waals surface area contributed by atoms with Crippen LogP contribution < -0.4 is 4.74 Å². The first-order chi connectivity index (χ1) is 14.1. The molecule has 3 aromatic carbocycles. The molecule has 0 fully saturated rings. The first-order valence-electron chi connectivity index (χ1n) is 9.78. The minimum absolute atomic E-state index is 0.213. The van der Waals surface area contributed by atoms with Crippen LogP contribution in [0.5, 0.6) is 11.5 Å². The van der Waals surface area contributed by atoms with Crippen LogP contribution in [0.25, 0.3) is 0 Å². The van der Waals surface area contributed by atoms with Gasteiger partial charge in [-0.25, -0.2) is 0 Å². The molecular weight excluding hydrogens is 364 g/mol. The van der Waals surface area contributed by atoms with Gasteiger partial charge in [0.2, 0.25) is 5.78 Å². The number of carbonyl (C=O) groups excluding carboxylic acids is 2. The zero-order chi connectivity index (χ0) is 20.4. The highest BCUT2D eigenvalue weighted by Gasteiger charge is 2.35. The van der Waals surface area contributed by atoms with Crippen LogP contribution in [0, 0.1) is 0 Å². The predicted octanol–water partition coefficient (Wildman–Crippen LogP) is 5.30. The maximum Gasteiger partial charge on any atom is 0.318 e. The summed E-state index contributed by atoms with van der Waals surface area (Å²) in [5.41, 5.74) is 3.17. The third-order valence-electron chi connectivity index (χ3n) is 5.22. The Kier molecular flexibility index (Phi) is 5.17. The third-order valence-corrected chi connectivity index (χ3v) is 5.22. The molecule has 1 aliphatic rings. The topological polar surface area (TPSA) is 52.6 Å². The largest absolute Gasteiger partial charge is 0.457 e. The molecule has 3 aromatic rings. The van der Waals surface area contributed by atoms with Crippen LogP contribution in [-0.4, -0.2) is 17.9 Å². The van der Waals surface area contributed by atoms with Gasteiger partial charge in [0.05, 0.1) is 0 Å². The van der Waals surface area contributed by atoms with E-state index in [9.17, 15) is 9.59 Å². The monoisotopic (exact) mass is 386 g/mol. The van der Waals surface area contributed by atoms with Gasteiger partial charge in [-0.2, -0.15) is 0 Å². The smallest absolute Gasteiger partial charge is 0.318 e. The molecule has 4 heteroatoms. The van der Waals surface area contributed by atoms with Gasteiger partial charge in [-0.3, -0.25) is 9.59 Å². The van der Waals surface area contributed by atoms with E-state index in [4.69, 9.17) is 9.47 Å². The van der Waals surface area contributed by atoms with Crippen molar-refractivity contribution in [3.8, 4) is 11.5 Å². The van der Waals surface area contributed by atoms with Gasteiger partial charge in [0.25, 0.3) is 0 Å². The number of fused-ring (bicyclic) bond motifs is 2. The second kappa shape index (κ2) is 7.92. The van der Waals surface area contributed by atoms with Crippen molar-refractivity contribution in [2.45, 2.75) is 32.3 Å². The number of rotatable bonds is 5. The van der Waals surface area contributed by atoms with Crippen LogP contribution >= 0.6 is 0 Å². The summed E-state index contributed by atoms with van der Waals surface area (Å²) in [7, 11) is 0. The summed E-state index contributed by atoms with van der Waals surface area (Å²) < 4.78 is 11.6. The number of ketones is 1. The molecule has 0 saturated heterocycles. The number of para-hydroxylation sites is 2. The van der Waals surface area contributed by atoms with Gasteiger partial charge in [-0.1, -0.05) is 67.6 Å². The van der Waals surface area contributed by atoms with E-state index in [2.05, 4.69) is 6.92 Å². The molecule has 1 heterocycles. The molecule has 29 heavy (non-hydrogen) atoms. The van der Waals surface area contributed by atoms with E-state index >= 15 is 0 Å². The van der Waals surface area contributed by atoms with E-state index in [-0.39, 0.29) is 5.78 Å². The molecule has 0 unspecified atom stereocenters. The maximum atomic E-state index is 13.1. The minimum Gasteiger partial charge on any atom is -0.457 e. The molecule has 4 rings (SSSR count). The van der Waals surface area contributed by atoms with Crippen molar-refractivity contribution in [2.24, 2.45) is 0 Å². The lowest BCUT2D eigenvalue weighted by atomic mass is 9.88. The molecule has 0 spiro atoms. The average Bonchev–Trinajstić information content (AvgIpc) is 2.76. The standard InChI is InChI=1S/C25H22O4/c1-3-17-12-14-18(15-13-17)24(26)16(2)28-25(27)23-19-8-4-6-10-21(19)29-22-11-7-5-9-20(22)23/h4-16,23H,3H2,1-2H3/t16-/m0/s1. The molecule has 0 radical (unpaired) electrons. The number of carbonyl (C=O) groups is 2. The number of hydrogen-bond acceptors (Lipinski definition) is 4. The molecule has 0 N–H and O–H groups in total. The number of aryl methyl sites for hydroxylation is 1. The molecule has 4 nitrogen and oxygen atoms in total. The van der Waals surface area contributed by atoms with E-state index in [1.165, 1.54) is 0 Å². The van der Waals surface area contributed by atoms with Crippen molar-refractivity contribution < 1.29 is 19.1 Å². The first-order valence-corrected chi connectivity index (χ1v) is 9.78. The SMILES string of the molecule is CCc1ccc(C(=O)[C@H](C)OC(=O)C2c3ccccc3Oc3ccccc32)cc1. The van der Waals surface area contributed by atoms with Crippen LogP contribution in [0.3, 0.4) is 0 Å². The van der Waals surface area contributed by atoms with E-state index in [0.29, 0.717) is 17.1 Å². The van der Waals surface area contributed by atoms with Crippen molar-refractivity contribution in [1.82, 2.24) is 0 Å². The Morgan fingerprint density at radius 1 is 0.897 bits per heavy atom. The van der Waals surface area contributed by atoms with Crippen molar-refractivity contribution >= 4 is 11.8 Å². The molecular formula is C25H22O4. The molecule has 1 atom stereocenters. The summed E-state index contributed by atoms with van der Waals surface area (Å²) in [6.07, 6.45) is 0.0267. The Morgan fingerprint density at radius 3 is 2.00 bits per heavy atom. The van der Waals surface area contributed by atoms with E-state index in [1.54, 1.807) is 19.1 Å². The Labute approximate surface area is 170 Å². The van der Waals surface area contributed by atoms with Crippen molar-refractivity contribution in [1.29, 1.82) is 0 Å². The lowest BCUT2D eigenvalue weighted by Gasteiger charge is -2.27. The highest BCUT2D eigenvalue weighted by Crippen LogP contribution is 2.44. The quantitative estimate of drug-likeness (QED) is 0.441. The fourth-order valence-electron chi connectivity index (χ4n) is 3.60. The van der Waals surface area contributed by atoms with Gasteiger partial charge in [-0.05, 0) is 31.0 Å². The maximum absolute atomic E-state index is 13.1. The third kappa shape index (κ3) is 3.66. The van der Waals surface area contributed by atoms with Crippen LogP contribution in [0.4, 0.5) is 0 Å². The summed E-state index contributed by atoms with van der Waals surface area (Å²) in [6.45, 7) is 3.68. The van der Waals surface area contributed by atoms with Gasteiger partial charge in [-0.15, -0.1) is 0 Å². The average molecular weight is 386 g/mol. The molecule has 0 bridgehead atoms. The van der Waals surface area contributed by atoms with Crippen molar-refractivity contribution in [3.05, 3.63) is 95.1 Å². The number of ether oxygens (including phenoxy) is 2. The summed E-state index contributed by atoms with van der Waals surface area (Å²) in [4.78, 5) is 25.9. The van der Waals surface area contributed by atoms with Crippen LogP contribution in [0.15, 0.2) is 72.8 Å². The zero-order valence-corrected chi connectivity index (χ0v) is 16.4. The second-order valence-corrected chi connectivity index (χ2v) is 7.10. The number of benzene rings is 3. The number of esters is 1. The van der Waals surface area contributed by atoms with Gasteiger partial charge >= 0.3 is 5.97 Å². The van der Waals surface area contributed by atoms with Gasteiger partial charge in [0, 0.05) is 16.7 Å². The summed E-state index contributed by atoms with van der Waals surface area (Å²) in [5, 5.41) is 0. The lowest BCUT2D eigenvalue weighted by Crippen LogP contribution is -2.29. The van der Waals surface area contributed by atoms with E-state index < -0.39 is 18.0 Å². The summed E-state index contributed by atoms with van der Waals surface area (Å²) >= 11 is 0. The van der Waals surface area contributed by atoms with Gasteiger partial charge in [0.1, 0.15) is 17.4 Å². The van der Waals surface area contributed by atoms with Gasteiger partial charge < -0.3 is 9.47 Å². The molecule has 146 valence electrons. The van der Waals surface area contributed by atoms with Crippen LogP contribution in [0.1, 0.15) is 46.8 Å². The predicted molar refractivity (Wildman–Crippen MR) is 111 cm³/mol. The lowest BCUT2D eigenvalue weighted by molar-refractivity contribution is -0.147. The fourth-order valence-corrected chi connectivity index (χ4v) is 3.60. The molecule has 0 aliphatic carbocycles. The highest BCUT2D eigenvalue weighted by molar-refractivity contribution is 6.00. The summed E-state index contributed by atoms with van der Waals surface area (Å²) in [5.74, 6) is -0.0488. The Morgan fingerprint density at radius 2 is 1.45 bits per heavy atom. The molecule has 0 aromatic heterocycles. The minimum atomic E-state index is -0.878. The second-order valence-electron chi connectivity index (χ2n) is 7.10. The normalized spacial score (nSPS) is 13.6. The number of Topliss-reactive ketones (excluding diaryl/α,β-unsaturated/α-hetero) is 1. The van der Waals surface area contributed by atoms with E-state index in [0.717, 1.165) is 23.1 Å². The fraction of sp³-hybridized carbons (Fsp3) is 0.200. The van der Waals surface area contributed by atoms with Crippen molar-refractivity contribution in [2.75, 3.05) is 0 Å². The van der Waals surface area contributed by atoms with E-state index in [1.807, 2.05) is 60.7 Å². The molecule has 1 aliphatic heterocycles. The van der Waals surface area contributed by atoms with Crippen LogP contribution in [-0.2, 0) is 16.0 Å². The highest BCUT2D eigenvalue weighted by atomic mass is 16.5. The van der Waals surface area contributed by atoms with Crippen LogP contribution in [0.2, 0.25) is 0 Å². The molecule has 0 amide bonds. The van der Waals surface area contributed by atoms with Gasteiger partial charge in [0.15, 0.2) is 6.10 Å². The summed E-state index contributed by atoms with van der Waals surface area (Å²) in [6, 6.07) is 22.2. The number of hydrogen-bond donors (Lipinski definition) is 0. The van der Waals surface area contributed by atoms with Crippen molar-refractivity contribution in [3.63, 3.8) is 0 Å². The first kappa shape index (κ1) is 18.9. The Balaban J connectivity index is 1.59. The molecule has 0 saturated carbocycles. The zero-order valence-electron chi connectivity index (χ0n) is 16.4. The Bertz CT molecular complexity index is 1010. The Hall–Kier alpha value is -3.40.